The molecule has 2 saturated carbocycles. The van der Waals surface area contributed by atoms with Gasteiger partial charge in [0.25, 0.3) is 5.69 Å². The van der Waals surface area contributed by atoms with Crippen LogP contribution in [0, 0.1) is 23.5 Å². The van der Waals surface area contributed by atoms with Gasteiger partial charge in [0.1, 0.15) is 0 Å². The van der Waals surface area contributed by atoms with Crippen LogP contribution in [0.15, 0.2) is 24.4 Å². The molecule has 0 amide bonds. The van der Waals surface area contributed by atoms with Gasteiger partial charge in [-0.15, -0.1) is 0 Å². The molecule has 2 aliphatic rings. The number of nitrogens with zero attached hydrogens (tertiary/aromatic N) is 2. The molecule has 0 atom stereocenters. The molecule has 2 aromatic rings. The average molecular weight is 671 g/mol. The van der Waals surface area contributed by atoms with Crippen LogP contribution in [0.5, 0.6) is 0 Å². The van der Waals surface area contributed by atoms with Crippen molar-refractivity contribution in [2.75, 3.05) is 0 Å². The number of pyridine rings is 1. The molecule has 4 nitrogen and oxygen atoms in total. The van der Waals surface area contributed by atoms with Crippen LogP contribution in [0.25, 0.3) is 10.9 Å². The van der Waals surface area contributed by atoms with Gasteiger partial charge in [0, 0.05) is 23.2 Å². The summed E-state index contributed by atoms with van der Waals surface area (Å²) in [6, 6.07) is 5.52. The van der Waals surface area contributed by atoms with E-state index in [-0.39, 0.29) is 27.7 Å². The molecule has 0 saturated heterocycles. The van der Waals surface area contributed by atoms with Gasteiger partial charge in [-0.05, 0) is 37.3 Å². The third-order valence-electron chi connectivity index (χ3n) is 7.78. The molecular formula is C32H52FeN2O2Sn+2. The maximum absolute atomic E-state index is 11.4. The van der Waals surface area contributed by atoms with Crippen molar-refractivity contribution in [3.05, 3.63) is 52.1 Å². The summed E-state index contributed by atoms with van der Waals surface area (Å²) in [6.07, 6.45) is 23.0. The van der Waals surface area contributed by atoms with Crippen molar-refractivity contribution < 1.29 is 22.0 Å². The smallest absolute Gasteiger partial charge is 0.328 e. The summed E-state index contributed by atoms with van der Waals surface area (Å²) in [5.41, 5.74) is 2.94. The normalized spacial score (nSPS) is 14.7. The largest absolute Gasteiger partial charge is 2.00 e. The van der Waals surface area contributed by atoms with E-state index < -0.39 is 19.8 Å². The van der Waals surface area contributed by atoms with E-state index in [1.165, 1.54) is 64.2 Å². The number of nitro groups is 1. The van der Waals surface area contributed by atoms with Gasteiger partial charge in [-0.25, -0.2) is 0 Å². The van der Waals surface area contributed by atoms with Crippen molar-refractivity contribution in [3.63, 3.8) is 0 Å². The predicted molar refractivity (Wildman–Crippen MR) is 162 cm³/mol. The Hall–Kier alpha value is -0.652. The SMILES string of the molecule is CCC[CH2][Sn+]([CH2]CCC)[CH2]CCC.Cc1cc([N+](=O)[O-])c(C2CCCC2)c2cccnc12.[CH-]1CCCC1.[Fe+2]. The number of aryl methyl sites for hydroxylation is 1. The molecule has 0 bridgehead atoms. The molecule has 0 radical (unpaired) electrons. The minimum Gasteiger partial charge on any atom is -0.328 e. The van der Waals surface area contributed by atoms with Crippen molar-refractivity contribution in [1.82, 2.24) is 4.98 Å². The van der Waals surface area contributed by atoms with Crippen molar-refractivity contribution in [2.24, 2.45) is 0 Å². The Kier molecular flexibility index (Phi) is 19.7. The molecule has 2 fully saturated rings. The summed E-state index contributed by atoms with van der Waals surface area (Å²) in [5, 5.41) is 12.3. The van der Waals surface area contributed by atoms with Crippen LogP contribution in [-0.4, -0.2) is 29.7 Å². The molecule has 1 aromatic carbocycles. The van der Waals surface area contributed by atoms with Crippen LogP contribution in [0.4, 0.5) is 5.69 Å². The van der Waals surface area contributed by atoms with E-state index in [1.54, 1.807) is 25.6 Å². The predicted octanol–water partition coefficient (Wildman–Crippen LogP) is 10.8. The molecule has 4 rings (SSSR count). The first kappa shape index (κ1) is 35.4. The number of unbranched alkanes of at least 4 members (excludes halogenated alkanes) is 3. The van der Waals surface area contributed by atoms with E-state index in [2.05, 4.69) is 32.2 Å². The van der Waals surface area contributed by atoms with Gasteiger partial charge in [-0.3, -0.25) is 15.1 Å². The summed E-state index contributed by atoms with van der Waals surface area (Å²) >= 11 is -0.839. The van der Waals surface area contributed by atoms with E-state index in [0.29, 0.717) is 5.92 Å². The Bertz CT molecular complexity index is 887. The van der Waals surface area contributed by atoms with Gasteiger partial charge in [-0.2, -0.15) is 12.8 Å². The second-order valence-corrected chi connectivity index (χ2v) is 19.5. The Morgan fingerprint density at radius 3 is 1.97 bits per heavy atom. The Balaban J connectivity index is 0.000000330. The third kappa shape index (κ3) is 12.2. The zero-order valence-electron chi connectivity index (χ0n) is 24.5. The molecule has 1 heterocycles. The molecule has 6 heteroatoms. The fourth-order valence-corrected chi connectivity index (χ4v) is 15.0. The summed E-state index contributed by atoms with van der Waals surface area (Å²) < 4.78 is 5.04. The summed E-state index contributed by atoms with van der Waals surface area (Å²) in [5.74, 6) is 0.313. The number of nitro benzene ring substituents is 1. The molecule has 212 valence electrons. The molecule has 0 unspecified atom stereocenters. The van der Waals surface area contributed by atoms with Gasteiger partial charge in [0.2, 0.25) is 0 Å². The number of hydrogen-bond acceptors (Lipinski definition) is 3. The van der Waals surface area contributed by atoms with E-state index in [1.807, 2.05) is 19.1 Å². The maximum atomic E-state index is 11.4. The van der Waals surface area contributed by atoms with Crippen molar-refractivity contribution in [2.45, 2.75) is 137 Å². The molecule has 2 aliphatic carbocycles. The van der Waals surface area contributed by atoms with E-state index in [9.17, 15) is 10.1 Å². The van der Waals surface area contributed by atoms with Gasteiger partial charge >= 0.3 is 109 Å². The standard InChI is InChI=1S/C15H16N2O2.C5H9.3C4H9.Fe.Sn/c1-10-9-13(17(18)19)14(11-5-2-3-6-11)12-7-4-8-16-15(10)12;1-2-4-5-3-1;3*1-3-4-2;;/h4,7-9,11H,2-3,5-6H2,1H3;1H,2-5H2;3*1,3-4H2,2H3;;/q;-1;;;;+2;+1. The molecule has 0 N–H and O–H groups in total. The molecule has 38 heavy (non-hydrogen) atoms. The maximum Gasteiger partial charge on any atom is 2.00 e. The van der Waals surface area contributed by atoms with Crippen LogP contribution in [0.1, 0.15) is 128 Å². The molecular weight excluding hydrogens is 619 g/mol. The summed E-state index contributed by atoms with van der Waals surface area (Å²) in [6.45, 7) is 8.89. The Morgan fingerprint density at radius 2 is 1.53 bits per heavy atom. The first-order chi connectivity index (χ1) is 18.0. The number of benzene rings is 1. The number of rotatable bonds is 11. The minimum atomic E-state index is -0.839. The fraction of sp³-hybridized carbons (Fsp3) is 0.688. The number of aromatic nitrogens is 1. The van der Waals surface area contributed by atoms with Crippen LogP contribution in [0.3, 0.4) is 0 Å². The summed E-state index contributed by atoms with van der Waals surface area (Å²) in [4.78, 5) is 15.5. The van der Waals surface area contributed by atoms with Gasteiger partial charge < -0.3 is 6.42 Å². The third-order valence-corrected chi connectivity index (χ3v) is 16.9. The first-order valence-corrected chi connectivity index (χ1v) is 21.3. The zero-order valence-corrected chi connectivity index (χ0v) is 28.5. The Morgan fingerprint density at radius 1 is 0.974 bits per heavy atom. The second kappa shape index (κ2) is 21.1. The zero-order chi connectivity index (χ0) is 26.9. The van der Waals surface area contributed by atoms with E-state index >= 15 is 0 Å². The van der Waals surface area contributed by atoms with Crippen LogP contribution in [-0.2, 0) is 17.1 Å². The first-order valence-electron chi connectivity index (χ1n) is 15.2. The number of fused-ring (bicyclic) bond motifs is 1. The average Bonchev–Trinajstić information content (AvgIpc) is 3.66. The molecule has 1 aromatic heterocycles. The molecule has 0 spiro atoms. The summed E-state index contributed by atoms with van der Waals surface area (Å²) in [7, 11) is 0. The Labute approximate surface area is 250 Å². The van der Waals surface area contributed by atoms with Crippen molar-refractivity contribution in [1.29, 1.82) is 0 Å². The molecule has 0 aliphatic heterocycles. The van der Waals surface area contributed by atoms with E-state index in [0.717, 1.165) is 47.7 Å². The quantitative estimate of drug-likeness (QED) is 0.103. The van der Waals surface area contributed by atoms with Gasteiger partial charge in [0.15, 0.2) is 0 Å². The van der Waals surface area contributed by atoms with E-state index in [4.69, 9.17) is 0 Å². The van der Waals surface area contributed by atoms with Crippen molar-refractivity contribution >= 4 is 36.3 Å². The van der Waals surface area contributed by atoms with Gasteiger partial charge in [0.05, 0.1) is 10.4 Å². The fourth-order valence-electron chi connectivity index (χ4n) is 5.60. The van der Waals surface area contributed by atoms with Gasteiger partial charge in [-0.1, -0.05) is 31.7 Å². The minimum absolute atomic E-state index is 0. The second-order valence-electron chi connectivity index (χ2n) is 10.9. The van der Waals surface area contributed by atoms with Crippen molar-refractivity contribution in [3.8, 4) is 0 Å². The van der Waals surface area contributed by atoms with Crippen LogP contribution < -0.4 is 0 Å². The monoisotopic (exact) mass is 672 g/mol. The number of hydrogen-bond donors (Lipinski definition) is 0. The van der Waals surface area contributed by atoms with Crippen LogP contribution in [0.2, 0.25) is 13.3 Å². The van der Waals surface area contributed by atoms with Crippen LogP contribution >= 0.6 is 0 Å². The topological polar surface area (TPSA) is 56.0 Å².